The molecular weight excluding hydrogens is 277 g/mol. The molecule has 0 aliphatic heterocycles. The minimum atomic E-state index is -4.35. The first-order valence-corrected chi connectivity index (χ1v) is 6.35. The van der Waals surface area contributed by atoms with Gasteiger partial charge in [-0.25, -0.2) is 0 Å². The van der Waals surface area contributed by atoms with Crippen LogP contribution >= 0.6 is 11.6 Å². The molecule has 2 atom stereocenters. The van der Waals surface area contributed by atoms with Gasteiger partial charge < -0.3 is 10.6 Å². The van der Waals surface area contributed by atoms with Crippen LogP contribution in [0.3, 0.4) is 0 Å². The maximum atomic E-state index is 12.6. The quantitative estimate of drug-likeness (QED) is 0.845. The van der Waals surface area contributed by atoms with E-state index >= 15 is 0 Å². The van der Waals surface area contributed by atoms with Crippen LogP contribution in [-0.4, -0.2) is 31.6 Å². The lowest BCUT2D eigenvalue weighted by atomic mass is 10.0. The molecule has 0 aliphatic rings. The molecule has 0 fully saturated rings. The van der Waals surface area contributed by atoms with Crippen LogP contribution in [-0.2, 0) is 6.18 Å². The van der Waals surface area contributed by atoms with Crippen molar-refractivity contribution < 1.29 is 13.2 Å². The van der Waals surface area contributed by atoms with E-state index in [2.05, 4.69) is 0 Å². The smallest absolute Gasteiger partial charge is 0.326 e. The van der Waals surface area contributed by atoms with Crippen molar-refractivity contribution in [3.05, 3.63) is 35.4 Å². The fraction of sp³-hybridized carbons (Fsp3) is 0.538. The zero-order valence-corrected chi connectivity index (χ0v) is 11.7. The van der Waals surface area contributed by atoms with Gasteiger partial charge in [0.1, 0.15) is 0 Å². The van der Waals surface area contributed by atoms with E-state index in [9.17, 15) is 13.2 Å². The van der Waals surface area contributed by atoms with Gasteiger partial charge in [-0.2, -0.15) is 13.2 Å². The summed E-state index contributed by atoms with van der Waals surface area (Å²) in [5, 5.41) is -0.516. The molecule has 0 saturated heterocycles. The predicted molar refractivity (Wildman–Crippen MR) is 71.2 cm³/mol. The summed E-state index contributed by atoms with van der Waals surface area (Å²) >= 11 is 6.14. The summed E-state index contributed by atoms with van der Waals surface area (Å²) in [4.78, 5) is 1.92. The molecule has 0 bridgehead atoms. The van der Waals surface area contributed by atoms with Gasteiger partial charge in [-0.3, -0.25) is 0 Å². The lowest BCUT2D eigenvalue weighted by Crippen LogP contribution is -2.33. The molecule has 2 nitrogen and oxygen atoms in total. The summed E-state index contributed by atoms with van der Waals surface area (Å²) < 4.78 is 37.8. The average molecular weight is 295 g/mol. The highest BCUT2D eigenvalue weighted by atomic mass is 35.5. The number of likely N-dealkylation sites (N-methyl/N-ethyl adjacent to an activating group) is 1. The molecule has 0 saturated carbocycles. The Kier molecular flexibility index (Phi) is 5.64. The fourth-order valence-electron chi connectivity index (χ4n) is 1.86. The second kappa shape index (κ2) is 6.59. The Hall–Kier alpha value is -0.780. The van der Waals surface area contributed by atoms with Gasteiger partial charge in [0, 0.05) is 12.6 Å². The zero-order chi connectivity index (χ0) is 14.6. The number of hydrogen-bond donors (Lipinski definition) is 1. The lowest BCUT2D eigenvalue weighted by Gasteiger charge is -2.20. The summed E-state index contributed by atoms with van der Waals surface area (Å²) in [6.07, 6.45) is -3.92. The van der Waals surface area contributed by atoms with E-state index in [1.54, 1.807) is 6.07 Å². The molecule has 0 radical (unpaired) electrons. The maximum Gasteiger partial charge on any atom is 0.416 e. The first-order chi connectivity index (χ1) is 8.70. The summed E-state index contributed by atoms with van der Waals surface area (Å²) in [6, 6.07) is 4.90. The molecule has 1 aromatic carbocycles. The van der Waals surface area contributed by atoms with Crippen LogP contribution in [0.2, 0.25) is 0 Å². The third kappa shape index (κ3) is 5.38. The van der Waals surface area contributed by atoms with Crippen molar-refractivity contribution in [1.82, 2.24) is 4.90 Å². The van der Waals surface area contributed by atoms with Crippen molar-refractivity contribution in [1.29, 1.82) is 0 Å². The number of rotatable bonds is 5. The van der Waals surface area contributed by atoms with Crippen molar-refractivity contribution in [3.8, 4) is 0 Å². The fourth-order valence-corrected chi connectivity index (χ4v) is 2.22. The van der Waals surface area contributed by atoms with Gasteiger partial charge in [0.05, 0.1) is 10.9 Å². The van der Waals surface area contributed by atoms with E-state index in [4.69, 9.17) is 17.3 Å². The minimum Gasteiger partial charge on any atom is -0.326 e. The van der Waals surface area contributed by atoms with Gasteiger partial charge >= 0.3 is 6.18 Å². The van der Waals surface area contributed by atoms with Gasteiger partial charge in [0.25, 0.3) is 0 Å². The summed E-state index contributed by atoms with van der Waals surface area (Å²) in [6.45, 7) is 0.641. The molecule has 1 rings (SSSR count). The van der Waals surface area contributed by atoms with Gasteiger partial charge in [-0.05, 0) is 32.1 Å². The molecule has 1 aromatic rings. The molecule has 0 heterocycles. The Morgan fingerprint density at radius 1 is 1.32 bits per heavy atom. The molecule has 0 aromatic heterocycles. The molecule has 108 valence electrons. The highest BCUT2D eigenvalue weighted by molar-refractivity contribution is 6.20. The number of hydrogen-bond acceptors (Lipinski definition) is 2. The van der Waals surface area contributed by atoms with E-state index < -0.39 is 17.1 Å². The van der Waals surface area contributed by atoms with E-state index in [0.29, 0.717) is 18.5 Å². The molecule has 0 spiro atoms. The Balaban J connectivity index is 2.74. The Bertz CT molecular complexity index is 407. The Labute approximate surface area is 116 Å². The largest absolute Gasteiger partial charge is 0.416 e. The van der Waals surface area contributed by atoms with Crippen molar-refractivity contribution in [2.75, 3.05) is 20.6 Å². The van der Waals surface area contributed by atoms with E-state index in [1.807, 2.05) is 19.0 Å². The van der Waals surface area contributed by atoms with Crippen LogP contribution in [0.25, 0.3) is 0 Å². The van der Waals surface area contributed by atoms with Crippen molar-refractivity contribution in [2.24, 2.45) is 5.73 Å². The molecular formula is C13H18ClF3N2. The highest BCUT2D eigenvalue weighted by Crippen LogP contribution is 2.33. The molecule has 2 N–H and O–H groups in total. The van der Waals surface area contributed by atoms with Gasteiger partial charge in [-0.1, -0.05) is 18.2 Å². The van der Waals surface area contributed by atoms with Gasteiger partial charge in [0.15, 0.2) is 0 Å². The average Bonchev–Trinajstić information content (AvgIpc) is 2.26. The molecule has 2 unspecified atom stereocenters. The maximum absolute atomic E-state index is 12.6. The third-order valence-electron chi connectivity index (χ3n) is 2.68. The van der Waals surface area contributed by atoms with Crippen LogP contribution in [0, 0.1) is 0 Å². The van der Waals surface area contributed by atoms with E-state index in [0.717, 1.165) is 12.1 Å². The van der Waals surface area contributed by atoms with Gasteiger partial charge in [-0.15, -0.1) is 11.6 Å². The van der Waals surface area contributed by atoms with Crippen LogP contribution < -0.4 is 5.73 Å². The predicted octanol–water partition coefficient (Wildman–Crippen LogP) is 3.26. The van der Waals surface area contributed by atoms with Crippen LogP contribution in [0.1, 0.15) is 22.9 Å². The summed E-state index contributed by atoms with van der Waals surface area (Å²) in [5.74, 6) is 0. The zero-order valence-electron chi connectivity index (χ0n) is 10.9. The second-order valence-corrected chi connectivity index (χ2v) is 5.38. The number of nitrogens with two attached hydrogens (primary N) is 1. The summed E-state index contributed by atoms with van der Waals surface area (Å²) in [5.41, 5.74) is 5.65. The van der Waals surface area contributed by atoms with Crippen molar-refractivity contribution in [3.63, 3.8) is 0 Å². The van der Waals surface area contributed by atoms with Crippen LogP contribution in [0.4, 0.5) is 13.2 Å². The Morgan fingerprint density at radius 2 is 1.95 bits per heavy atom. The normalized spacial score (nSPS) is 15.6. The van der Waals surface area contributed by atoms with E-state index in [-0.39, 0.29) is 6.04 Å². The first kappa shape index (κ1) is 16.3. The van der Waals surface area contributed by atoms with Crippen LogP contribution in [0.15, 0.2) is 24.3 Å². The minimum absolute atomic E-state index is 0.174. The highest BCUT2D eigenvalue weighted by Gasteiger charge is 2.30. The standard InChI is InChI=1S/C13H18ClF3N2/c1-19(2)8-11(18)7-12(14)9-4-3-5-10(6-9)13(15,16)17/h3-6,11-12H,7-8,18H2,1-2H3. The van der Waals surface area contributed by atoms with Crippen LogP contribution in [0.5, 0.6) is 0 Å². The number of nitrogens with zero attached hydrogens (tertiary/aromatic N) is 1. The topological polar surface area (TPSA) is 29.3 Å². The number of halogens is 4. The molecule has 19 heavy (non-hydrogen) atoms. The first-order valence-electron chi connectivity index (χ1n) is 5.91. The van der Waals surface area contributed by atoms with Crippen molar-refractivity contribution in [2.45, 2.75) is 24.0 Å². The monoisotopic (exact) mass is 294 g/mol. The third-order valence-corrected chi connectivity index (χ3v) is 3.12. The van der Waals surface area contributed by atoms with Crippen molar-refractivity contribution >= 4 is 11.6 Å². The number of alkyl halides is 4. The molecule has 0 amide bonds. The second-order valence-electron chi connectivity index (χ2n) is 4.85. The molecule has 6 heteroatoms. The Morgan fingerprint density at radius 3 is 2.47 bits per heavy atom. The van der Waals surface area contributed by atoms with E-state index in [1.165, 1.54) is 6.07 Å². The summed E-state index contributed by atoms with van der Waals surface area (Å²) in [7, 11) is 3.76. The number of benzene rings is 1. The lowest BCUT2D eigenvalue weighted by molar-refractivity contribution is -0.137. The SMILES string of the molecule is CN(C)CC(N)CC(Cl)c1cccc(C(F)(F)F)c1. The molecule has 0 aliphatic carbocycles. The van der Waals surface area contributed by atoms with Gasteiger partial charge in [0.2, 0.25) is 0 Å².